The molecule has 0 aliphatic heterocycles. The van der Waals surface area contributed by atoms with Crippen LogP contribution in [0.2, 0.25) is 0 Å². The van der Waals surface area contributed by atoms with E-state index in [1.54, 1.807) is 6.20 Å². The standard InChI is InChI=1S/C13H19N5O/c1-8(2)18-7-11(6-15-18)19-13-9(3)12(14-5)16-10(4)17-13/h6-8H,1-5H3,(H,14,16,17). The highest BCUT2D eigenvalue weighted by Gasteiger charge is 2.11. The van der Waals surface area contributed by atoms with Crippen LogP contribution in [0.4, 0.5) is 5.82 Å². The molecule has 2 rings (SSSR count). The van der Waals surface area contributed by atoms with Crippen LogP contribution in [0.15, 0.2) is 12.4 Å². The van der Waals surface area contributed by atoms with E-state index in [1.807, 2.05) is 31.8 Å². The second-order valence-electron chi connectivity index (χ2n) is 4.65. The Morgan fingerprint density at radius 1 is 1.26 bits per heavy atom. The minimum Gasteiger partial charge on any atom is -0.435 e. The molecule has 0 aliphatic rings. The Hall–Kier alpha value is -2.11. The first-order valence-corrected chi connectivity index (χ1v) is 6.26. The van der Waals surface area contributed by atoms with Gasteiger partial charge in [-0.25, -0.2) is 4.98 Å². The molecule has 2 aromatic heterocycles. The quantitative estimate of drug-likeness (QED) is 0.916. The van der Waals surface area contributed by atoms with Crippen LogP contribution in [0.5, 0.6) is 11.6 Å². The van der Waals surface area contributed by atoms with Gasteiger partial charge in [0.2, 0.25) is 5.88 Å². The van der Waals surface area contributed by atoms with Crippen molar-refractivity contribution in [1.29, 1.82) is 0 Å². The fourth-order valence-electron chi connectivity index (χ4n) is 1.71. The highest BCUT2D eigenvalue weighted by Crippen LogP contribution is 2.26. The smallest absolute Gasteiger partial charge is 0.227 e. The molecule has 0 saturated carbocycles. The fraction of sp³-hybridized carbons (Fsp3) is 0.462. The number of aryl methyl sites for hydroxylation is 1. The number of aromatic nitrogens is 4. The fourth-order valence-corrected chi connectivity index (χ4v) is 1.71. The van der Waals surface area contributed by atoms with Crippen LogP contribution in [-0.2, 0) is 0 Å². The first-order chi connectivity index (χ1) is 9.01. The normalized spacial score (nSPS) is 10.8. The predicted molar refractivity (Wildman–Crippen MR) is 73.7 cm³/mol. The average Bonchev–Trinajstić information content (AvgIpc) is 2.82. The number of ether oxygens (including phenoxy) is 1. The van der Waals surface area contributed by atoms with Gasteiger partial charge in [-0.2, -0.15) is 10.1 Å². The van der Waals surface area contributed by atoms with E-state index in [-0.39, 0.29) is 0 Å². The molecule has 6 nitrogen and oxygen atoms in total. The van der Waals surface area contributed by atoms with Gasteiger partial charge in [0, 0.05) is 13.1 Å². The van der Waals surface area contributed by atoms with Crippen molar-refractivity contribution < 1.29 is 4.74 Å². The topological polar surface area (TPSA) is 64.9 Å². The zero-order valence-corrected chi connectivity index (χ0v) is 11.9. The molecule has 0 fully saturated rings. The summed E-state index contributed by atoms with van der Waals surface area (Å²) in [5, 5.41) is 7.27. The molecule has 102 valence electrons. The lowest BCUT2D eigenvalue weighted by atomic mass is 10.3. The maximum Gasteiger partial charge on any atom is 0.227 e. The molecule has 2 heterocycles. The summed E-state index contributed by atoms with van der Waals surface area (Å²) in [4.78, 5) is 8.62. The first-order valence-electron chi connectivity index (χ1n) is 6.26. The maximum atomic E-state index is 5.79. The summed E-state index contributed by atoms with van der Waals surface area (Å²) in [6.45, 7) is 7.89. The van der Waals surface area contributed by atoms with Gasteiger partial charge in [-0.1, -0.05) is 0 Å². The van der Waals surface area contributed by atoms with E-state index in [0.29, 0.717) is 23.5 Å². The van der Waals surface area contributed by atoms with Crippen molar-refractivity contribution in [2.75, 3.05) is 12.4 Å². The van der Waals surface area contributed by atoms with Gasteiger partial charge in [0.15, 0.2) is 5.75 Å². The molecule has 0 aliphatic carbocycles. The molecule has 0 unspecified atom stereocenters. The maximum absolute atomic E-state index is 5.79. The monoisotopic (exact) mass is 261 g/mol. The van der Waals surface area contributed by atoms with E-state index in [9.17, 15) is 0 Å². The van der Waals surface area contributed by atoms with Gasteiger partial charge in [-0.3, -0.25) is 4.68 Å². The molecule has 0 saturated heterocycles. The van der Waals surface area contributed by atoms with Crippen molar-refractivity contribution in [2.24, 2.45) is 0 Å². The molecule has 0 amide bonds. The molecular weight excluding hydrogens is 242 g/mol. The van der Waals surface area contributed by atoms with Crippen LogP contribution in [0.1, 0.15) is 31.3 Å². The minimum absolute atomic E-state index is 0.304. The molecule has 6 heteroatoms. The summed E-state index contributed by atoms with van der Waals surface area (Å²) in [5.41, 5.74) is 0.880. The molecular formula is C13H19N5O. The van der Waals surface area contributed by atoms with Crippen molar-refractivity contribution in [3.8, 4) is 11.6 Å². The number of nitrogens with zero attached hydrogens (tertiary/aromatic N) is 4. The van der Waals surface area contributed by atoms with E-state index < -0.39 is 0 Å². The van der Waals surface area contributed by atoms with Crippen molar-refractivity contribution in [1.82, 2.24) is 19.7 Å². The summed E-state index contributed by atoms with van der Waals surface area (Å²) in [6, 6.07) is 0.304. The van der Waals surface area contributed by atoms with Crippen molar-refractivity contribution >= 4 is 5.82 Å². The van der Waals surface area contributed by atoms with Gasteiger partial charge >= 0.3 is 0 Å². The summed E-state index contributed by atoms with van der Waals surface area (Å²) >= 11 is 0. The summed E-state index contributed by atoms with van der Waals surface area (Å²) < 4.78 is 7.63. The van der Waals surface area contributed by atoms with Crippen molar-refractivity contribution in [3.05, 3.63) is 23.8 Å². The lowest BCUT2D eigenvalue weighted by molar-refractivity contribution is 0.452. The van der Waals surface area contributed by atoms with Crippen LogP contribution in [0, 0.1) is 13.8 Å². The number of rotatable bonds is 4. The molecule has 2 aromatic rings. The minimum atomic E-state index is 0.304. The van der Waals surface area contributed by atoms with Crippen LogP contribution in [0.3, 0.4) is 0 Å². The van der Waals surface area contributed by atoms with E-state index >= 15 is 0 Å². The molecule has 0 aromatic carbocycles. The lowest BCUT2D eigenvalue weighted by Crippen LogP contribution is -2.03. The number of hydrogen-bond donors (Lipinski definition) is 1. The van der Waals surface area contributed by atoms with E-state index in [2.05, 4.69) is 34.2 Å². The van der Waals surface area contributed by atoms with Crippen LogP contribution < -0.4 is 10.1 Å². The SMILES string of the molecule is CNc1nc(C)nc(Oc2cnn(C(C)C)c2)c1C. The van der Waals surface area contributed by atoms with E-state index in [4.69, 9.17) is 4.74 Å². The van der Waals surface area contributed by atoms with E-state index in [1.165, 1.54) is 0 Å². The van der Waals surface area contributed by atoms with Gasteiger partial charge in [-0.05, 0) is 27.7 Å². The number of nitrogens with one attached hydrogen (secondary N) is 1. The van der Waals surface area contributed by atoms with Crippen LogP contribution in [-0.4, -0.2) is 26.8 Å². The van der Waals surface area contributed by atoms with Gasteiger partial charge in [0.25, 0.3) is 0 Å². The molecule has 0 atom stereocenters. The Kier molecular flexibility index (Phi) is 3.69. The summed E-state index contributed by atoms with van der Waals surface area (Å²) in [7, 11) is 1.83. The Morgan fingerprint density at radius 2 is 2.00 bits per heavy atom. The van der Waals surface area contributed by atoms with Gasteiger partial charge in [-0.15, -0.1) is 0 Å². The summed E-state index contributed by atoms with van der Waals surface area (Å²) in [6.07, 6.45) is 3.55. The van der Waals surface area contributed by atoms with E-state index in [0.717, 1.165) is 11.4 Å². The average molecular weight is 261 g/mol. The zero-order chi connectivity index (χ0) is 14.0. The van der Waals surface area contributed by atoms with Crippen LogP contribution >= 0.6 is 0 Å². The van der Waals surface area contributed by atoms with Gasteiger partial charge in [0.05, 0.1) is 18.0 Å². The lowest BCUT2D eigenvalue weighted by Gasteiger charge is -2.10. The second-order valence-corrected chi connectivity index (χ2v) is 4.65. The predicted octanol–water partition coefficient (Wildman–Crippen LogP) is 2.70. The van der Waals surface area contributed by atoms with Gasteiger partial charge in [0.1, 0.15) is 11.6 Å². The van der Waals surface area contributed by atoms with Gasteiger partial charge < -0.3 is 10.1 Å². The largest absolute Gasteiger partial charge is 0.435 e. The second kappa shape index (κ2) is 5.26. The number of hydrogen-bond acceptors (Lipinski definition) is 5. The number of anilines is 1. The zero-order valence-electron chi connectivity index (χ0n) is 11.9. The molecule has 19 heavy (non-hydrogen) atoms. The Balaban J connectivity index is 2.29. The molecule has 0 spiro atoms. The summed E-state index contributed by atoms with van der Waals surface area (Å²) in [5.74, 6) is 2.68. The Bertz CT molecular complexity index is 576. The van der Waals surface area contributed by atoms with Crippen molar-refractivity contribution in [3.63, 3.8) is 0 Å². The molecule has 0 bridgehead atoms. The third kappa shape index (κ3) is 2.83. The Labute approximate surface area is 112 Å². The molecule has 0 radical (unpaired) electrons. The van der Waals surface area contributed by atoms with Crippen LogP contribution in [0.25, 0.3) is 0 Å². The highest BCUT2D eigenvalue weighted by molar-refractivity contribution is 5.48. The Morgan fingerprint density at radius 3 is 2.58 bits per heavy atom. The third-order valence-corrected chi connectivity index (χ3v) is 2.77. The first kappa shape index (κ1) is 13.3. The third-order valence-electron chi connectivity index (χ3n) is 2.77. The van der Waals surface area contributed by atoms with Crippen molar-refractivity contribution in [2.45, 2.75) is 33.7 Å². The molecule has 1 N–H and O–H groups in total. The highest BCUT2D eigenvalue weighted by atomic mass is 16.5.